The minimum Gasteiger partial charge on any atom is -0.546 e. The van der Waals surface area contributed by atoms with Crippen molar-refractivity contribution >= 4 is 14.1 Å². The van der Waals surface area contributed by atoms with Crippen molar-refractivity contribution in [2.24, 2.45) is 11.3 Å². The zero-order chi connectivity index (χ0) is 18.3. The molecule has 0 heterocycles. The maximum Gasteiger partial charge on any atom is 0.258 e. The molecule has 0 bridgehead atoms. The summed E-state index contributed by atoms with van der Waals surface area (Å²) in [5.41, 5.74) is 1.91. The highest BCUT2D eigenvalue weighted by atomic mass is 28.4. The molecular weight excluding hydrogens is 314 g/mol. The first kappa shape index (κ1) is 19.0. The van der Waals surface area contributed by atoms with E-state index in [4.69, 9.17) is 4.43 Å². The molecule has 2 atom stereocenters. The monoisotopic (exact) mass is 345 g/mol. The molecule has 2 aliphatic rings. The van der Waals surface area contributed by atoms with E-state index in [2.05, 4.69) is 54.2 Å². The lowest BCUT2D eigenvalue weighted by atomic mass is 9.93. The van der Waals surface area contributed by atoms with Crippen LogP contribution in [0.1, 0.15) is 60.8 Å². The fourth-order valence-electron chi connectivity index (χ4n) is 4.80. The van der Waals surface area contributed by atoms with Gasteiger partial charge in [0.05, 0.1) is 17.2 Å². The van der Waals surface area contributed by atoms with Gasteiger partial charge < -0.3 is 4.43 Å². The first-order valence-electron chi connectivity index (χ1n) is 9.14. The highest BCUT2D eigenvalue weighted by Gasteiger charge is 2.61. The van der Waals surface area contributed by atoms with Crippen LogP contribution >= 0.6 is 0 Å². The van der Waals surface area contributed by atoms with Crippen LogP contribution in [0.25, 0.3) is 0 Å². The van der Waals surface area contributed by atoms with Gasteiger partial charge in [0.1, 0.15) is 0 Å². The predicted octanol–water partition coefficient (Wildman–Crippen LogP) is 5.51. The van der Waals surface area contributed by atoms with E-state index in [1.165, 1.54) is 0 Å². The van der Waals surface area contributed by atoms with Gasteiger partial charge in [-0.05, 0) is 41.1 Å². The van der Waals surface area contributed by atoms with Crippen molar-refractivity contribution in [1.82, 2.24) is 0 Å². The Kier molecular flexibility index (Phi) is 5.16. The number of hydrogen-bond acceptors (Lipinski definition) is 3. The third-order valence-electron chi connectivity index (χ3n) is 6.11. The number of carbonyl (C=O) groups is 1. The van der Waals surface area contributed by atoms with Crippen molar-refractivity contribution in [1.29, 1.82) is 5.26 Å². The first-order valence-corrected chi connectivity index (χ1v) is 11.3. The Labute approximate surface area is 147 Å². The SMILES string of the molecule is C=C(O[Si](C(C)C)(C(C)C)C(C)C)[C@@H]1C[C@@]1(C#N)C1=CC(=O)CC1. The van der Waals surface area contributed by atoms with E-state index >= 15 is 0 Å². The fraction of sp³-hybridized carbons (Fsp3) is 0.700. The summed E-state index contributed by atoms with van der Waals surface area (Å²) in [4.78, 5) is 11.6. The average molecular weight is 346 g/mol. The third kappa shape index (κ3) is 2.88. The van der Waals surface area contributed by atoms with Crippen LogP contribution < -0.4 is 0 Å². The molecule has 3 nitrogen and oxygen atoms in total. The molecule has 2 aliphatic carbocycles. The van der Waals surface area contributed by atoms with E-state index in [1.54, 1.807) is 6.08 Å². The molecule has 0 aromatic heterocycles. The van der Waals surface area contributed by atoms with Gasteiger partial charge in [0, 0.05) is 12.3 Å². The standard InChI is InChI=1S/C20H31NO2Si/c1-13(2)24(14(3)4,15(5)6)23-16(7)19-11-20(19,12-21)17-8-9-18(22)10-17/h10,13-15,19H,7-9,11H2,1-6H3/t19-,20+/m0/s1. The molecule has 4 heteroatoms. The minimum absolute atomic E-state index is 0.0442. The lowest BCUT2D eigenvalue weighted by molar-refractivity contribution is -0.114. The summed E-state index contributed by atoms with van der Waals surface area (Å²) in [6.07, 6.45) is 3.70. The largest absolute Gasteiger partial charge is 0.546 e. The Bertz CT molecular complexity index is 590. The van der Waals surface area contributed by atoms with E-state index in [9.17, 15) is 10.1 Å². The number of hydrogen-bond donors (Lipinski definition) is 0. The zero-order valence-electron chi connectivity index (χ0n) is 16.0. The molecule has 24 heavy (non-hydrogen) atoms. The topological polar surface area (TPSA) is 50.1 Å². The van der Waals surface area contributed by atoms with Gasteiger partial charge in [-0.2, -0.15) is 5.26 Å². The van der Waals surface area contributed by atoms with E-state index in [1.807, 2.05) is 0 Å². The van der Waals surface area contributed by atoms with Crippen molar-refractivity contribution in [3.63, 3.8) is 0 Å². The summed E-state index contributed by atoms with van der Waals surface area (Å²) in [6.45, 7) is 17.7. The minimum atomic E-state index is -2.04. The van der Waals surface area contributed by atoms with E-state index in [0.29, 0.717) is 23.0 Å². The van der Waals surface area contributed by atoms with Crippen LogP contribution in [0, 0.1) is 22.7 Å². The summed E-state index contributed by atoms with van der Waals surface area (Å²) in [6, 6.07) is 2.47. The van der Waals surface area contributed by atoms with Crippen molar-refractivity contribution in [3.05, 3.63) is 24.0 Å². The van der Waals surface area contributed by atoms with Gasteiger partial charge >= 0.3 is 0 Å². The van der Waals surface area contributed by atoms with Gasteiger partial charge in [-0.25, -0.2) is 0 Å². The van der Waals surface area contributed by atoms with Crippen LogP contribution in [0.15, 0.2) is 24.0 Å². The normalized spacial score (nSPS) is 26.8. The number of nitriles is 1. The van der Waals surface area contributed by atoms with Gasteiger partial charge in [-0.3, -0.25) is 4.79 Å². The highest BCUT2D eigenvalue weighted by molar-refractivity contribution is 6.77. The Morgan fingerprint density at radius 3 is 2.17 bits per heavy atom. The van der Waals surface area contributed by atoms with Crippen molar-refractivity contribution < 1.29 is 9.22 Å². The van der Waals surface area contributed by atoms with E-state index in [0.717, 1.165) is 24.2 Å². The molecule has 0 spiro atoms. The van der Waals surface area contributed by atoms with Crippen molar-refractivity contribution in [3.8, 4) is 6.07 Å². The predicted molar refractivity (Wildman–Crippen MR) is 99.8 cm³/mol. The molecule has 1 saturated carbocycles. The maximum atomic E-state index is 11.6. The number of nitrogens with zero attached hydrogens (tertiary/aromatic N) is 1. The number of rotatable bonds is 7. The second kappa shape index (κ2) is 6.52. The van der Waals surface area contributed by atoms with Crippen LogP contribution in [0.2, 0.25) is 16.6 Å². The van der Waals surface area contributed by atoms with Crippen LogP contribution in [0.3, 0.4) is 0 Å². The van der Waals surface area contributed by atoms with Crippen LogP contribution in [-0.4, -0.2) is 14.1 Å². The fourth-order valence-corrected chi connectivity index (χ4v) is 10.1. The van der Waals surface area contributed by atoms with Crippen molar-refractivity contribution in [2.75, 3.05) is 0 Å². The van der Waals surface area contributed by atoms with Gasteiger partial charge in [-0.15, -0.1) is 0 Å². The lowest BCUT2D eigenvalue weighted by Gasteiger charge is -2.43. The highest BCUT2D eigenvalue weighted by Crippen LogP contribution is 2.63. The van der Waals surface area contributed by atoms with E-state index < -0.39 is 13.7 Å². The third-order valence-corrected chi connectivity index (χ3v) is 12.1. The van der Waals surface area contributed by atoms with Gasteiger partial charge in [-0.1, -0.05) is 48.1 Å². The summed E-state index contributed by atoms with van der Waals surface area (Å²) < 4.78 is 6.67. The van der Waals surface area contributed by atoms with Gasteiger partial charge in [0.25, 0.3) is 8.32 Å². The molecule has 0 aromatic carbocycles. The Morgan fingerprint density at radius 1 is 1.25 bits per heavy atom. The van der Waals surface area contributed by atoms with E-state index in [-0.39, 0.29) is 11.7 Å². The second-order valence-electron chi connectivity index (χ2n) is 8.36. The molecule has 0 aliphatic heterocycles. The molecule has 0 saturated heterocycles. The van der Waals surface area contributed by atoms with Crippen LogP contribution in [0.4, 0.5) is 0 Å². The second-order valence-corrected chi connectivity index (χ2v) is 13.7. The summed E-state index contributed by atoms with van der Waals surface area (Å²) in [7, 11) is -2.04. The van der Waals surface area contributed by atoms with Crippen molar-refractivity contribution in [2.45, 2.75) is 77.4 Å². The summed E-state index contributed by atoms with van der Waals surface area (Å²) >= 11 is 0. The molecule has 0 N–H and O–H groups in total. The molecule has 2 rings (SSSR count). The molecule has 0 radical (unpaired) electrons. The summed E-state index contributed by atoms with van der Waals surface area (Å²) in [5.74, 6) is 0.967. The quantitative estimate of drug-likeness (QED) is 0.451. The average Bonchev–Trinajstić information content (AvgIpc) is 3.10. The molecule has 0 aromatic rings. The molecule has 1 fully saturated rings. The molecule has 0 unspecified atom stereocenters. The Hall–Kier alpha value is -1.34. The van der Waals surface area contributed by atoms with Crippen LogP contribution in [-0.2, 0) is 9.22 Å². The maximum absolute atomic E-state index is 11.6. The van der Waals surface area contributed by atoms with Crippen LogP contribution in [0.5, 0.6) is 0 Å². The molecular formula is C20H31NO2Si. The summed E-state index contributed by atoms with van der Waals surface area (Å²) in [5, 5.41) is 9.76. The zero-order valence-corrected chi connectivity index (χ0v) is 17.0. The number of ketones is 1. The number of carbonyl (C=O) groups excluding carboxylic acids is 1. The van der Waals surface area contributed by atoms with Gasteiger partial charge in [0.15, 0.2) is 5.78 Å². The smallest absolute Gasteiger partial charge is 0.258 e. The molecule has 0 amide bonds. The molecule has 132 valence electrons. The lowest BCUT2D eigenvalue weighted by Crippen LogP contribution is -2.47. The Balaban J connectivity index is 2.23. The first-order chi connectivity index (χ1) is 11.1. The van der Waals surface area contributed by atoms with Gasteiger partial charge in [0.2, 0.25) is 0 Å². The number of allylic oxidation sites excluding steroid dienone is 3. The Morgan fingerprint density at radius 2 is 1.79 bits per heavy atom.